The van der Waals surface area contributed by atoms with Gasteiger partial charge in [0.05, 0.1) is 0 Å². The second-order valence-electron chi connectivity index (χ2n) is 5.52. The van der Waals surface area contributed by atoms with E-state index in [-0.39, 0.29) is 0 Å². The summed E-state index contributed by atoms with van der Waals surface area (Å²) in [5.74, 6) is 0. The molecule has 0 spiro atoms. The average Bonchev–Trinajstić information content (AvgIpc) is 2.48. The van der Waals surface area contributed by atoms with Crippen molar-refractivity contribution in [3.05, 3.63) is 24.3 Å². The van der Waals surface area contributed by atoms with Crippen LogP contribution in [0.1, 0.15) is 59.3 Å². The van der Waals surface area contributed by atoms with Crippen LogP contribution >= 0.6 is 0 Å². The van der Waals surface area contributed by atoms with E-state index in [9.17, 15) is 0 Å². The molecule has 0 saturated carbocycles. The molecule has 1 rings (SSSR count). The summed E-state index contributed by atoms with van der Waals surface area (Å²) in [5, 5.41) is 3.53. The molecule has 0 aliphatic carbocycles. The van der Waals surface area contributed by atoms with Crippen molar-refractivity contribution in [3.63, 3.8) is 0 Å². The molecule has 0 aliphatic rings. The number of nitrogens with zero attached hydrogens (tertiary/aromatic N) is 1. The van der Waals surface area contributed by atoms with E-state index in [1.54, 1.807) is 0 Å². The van der Waals surface area contributed by atoms with Crippen molar-refractivity contribution in [1.29, 1.82) is 0 Å². The summed E-state index contributed by atoms with van der Waals surface area (Å²) >= 11 is 0. The first-order valence-corrected chi connectivity index (χ1v) is 8.40. The van der Waals surface area contributed by atoms with E-state index in [4.69, 9.17) is 0 Å². The maximum absolute atomic E-state index is 3.53. The van der Waals surface area contributed by atoms with Gasteiger partial charge in [0.2, 0.25) is 0 Å². The predicted molar refractivity (Wildman–Crippen MR) is 91.9 cm³/mol. The molecule has 2 heteroatoms. The Kier molecular flexibility index (Phi) is 8.93. The Balaban J connectivity index is 2.65. The summed E-state index contributed by atoms with van der Waals surface area (Å²) in [6.07, 6.45) is 7.55. The molecule has 0 saturated heterocycles. The number of anilines is 2. The highest BCUT2D eigenvalue weighted by Gasteiger charge is 2.06. The number of unbranched alkanes of at least 4 members (excludes halogenated alkanes) is 3. The lowest BCUT2D eigenvalue weighted by atomic mass is 10.2. The Labute approximate surface area is 125 Å². The third kappa shape index (κ3) is 6.31. The van der Waals surface area contributed by atoms with E-state index in [1.165, 1.54) is 63.0 Å². The van der Waals surface area contributed by atoms with Gasteiger partial charge >= 0.3 is 0 Å². The van der Waals surface area contributed by atoms with Gasteiger partial charge in [-0.05, 0) is 37.5 Å². The lowest BCUT2D eigenvalue weighted by molar-refractivity contribution is 0.678. The quantitative estimate of drug-likeness (QED) is 0.551. The normalized spacial score (nSPS) is 10.6. The van der Waals surface area contributed by atoms with Crippen molar-refractivity contribution in [3.8, 4) is 0 Å². The number of nitrogens with one attached hydrogen (secondary N) is 1. The van der Waals surface area contributed by atoms with E-state index < -0.39 is 0 Å². The molecule has 1 aromatic rings. The predicted octanol–water partition coefficient (Wildman–Crippen LogP) is 5.31. The van der Waals surface area contributed by atoms with Gasteiger partial charge in [-0.1, -0.05) is 46.1 Å². The Hall–Kier alpha value is -1.18. The third-order valence-electron chi connectivity index (χ3n) is 3.63. The highest BCUT2D eigenvalue weighted by Crippen LogP contribution is 2.20. The fraction of sp³-hybridized carbons (Fsp3) is 0.667. The van der Waals surface area contributed by atoms with Crippen molar-refractivity contribution in [2.24, 2.45) is 0 Å². The van der Waals surface area contributed by atoms with E-state index in [1.807, 2.05) is 0 Å². The summed E-state index contributed by atoms with van der Waals surface area (Å²) < 4.78 is 0. The van der Waals surface area contributed by atoms with Crippen LogP contribution in [0, 0.1) is 0 Å². The molecule has 0 amide bonds. The monoisotopic (exact) mass is 276 g/mol. The zero-order valence-electron chi connectivity index (χ0n) is 13.6. The largest absolute Gasteiger partial charge is 0.385 e. The molecule has 0 unspecified atom stereocenters. The van der Waals surface area contributed by atoms with E-state index in [0.717, 1.165) is 6.54 Å². The number of rotatable bonds is 11. The first kappa shape index (κ1) is 16.9. The smallest absolute Gasteiger partial charge is 0.0386 e. The Morgan fingerprint density at radius 3 is 2.15 bits per heavy atom. The van der Waals surface area contributed by atoms with Gasteiger partial charge in [0, 0.05) is 31.0 Å². The lowest BCUT2D eigenvalue weighted by Gasteiger charge is -2.25. The zero-order valence-corrected chi connectivity index (χ0v) is 13.6. The molecule has 0 bridgehead atoms. The number of benzene rings is 1. The second kappa shape index (κ2) is 10.6. The van der Waals surface area contributed by atoms with Crippen LogP contribution in [0.5, 0.6) is 0 Å². The van der Waals surface area contributed by atoms with Gasteiger partial charge in [-0.15, -0.1) is 0 Å². The van der Waals surface area contributed by atoms with Crippen molar-refractivity contribution >= 4 is 11.4 Å². The first-order chi connectivity index (χ1) is 9.81. The molecule has 0 atom stereocenters. The Morgan fingerprint density at radius 1 is 0.900 bits per heavy atom. The van der Waals surface area contributed by atoms with Crippen molar-refractivity contribution in [2.75, 3.05) is 29.9 Å². The van der Waals surface area contributed by atoms with Crippen LogP contribution in [0.2, 0.25) is 0 Å². The molecule has 2 nitrogen and oxygen atoms in total. The van der Waals surface area contributed by atoms with Crippen molar-refractivity contribution < 1.29 is 0 Å². The van der Waals surface area contributed by atoms with Crippen LogP contribution in [0.3, 0.4) is 0 Å². The van der Waals surface area contributed by atoms with E-state index in [0.29, 0.717) is 0 Å². The van der Waals surface area contributed by atoms with Crippen LogP contribution in [-0.2, 0) is 0 Å². The van der Waals surface area contributed by atoms with Crippen LogP contribution < -0.4 is 10.2 Å². The molecule has 0 fully saturated rings. The van der Waals surface area contributed by atoms with Gasteiger partial charge in [0.1, 0.15) is 0 Å². The minimum Gasteiger partial charge on any atom is -0.385 e. The van der Waals surface area contributed by atoms with Gasteiger partial charge in [-0.25, -0.2) is 0 Å². The molecule has 114 valence electrons. The standard InChI is InChI=1S/C18H32N2/c1-4-7-13-19-17-11-10-12-18(16-17)20(14-8-5-2)15-9-6-3/h10-12,16,19H,4-9,13-15H2,1-3H3. The van der Waals surface area contributed by atoms with Crippen LogP contribution in [0.15, 0.2) is 24.3 Å². The summed E-state index contributed by atoms with van der Waals surface area (Å²) in [5.41, 5.74) is 2.63. The fourth-order valence-electron chi connectivity index (χ4n) is 2.29. The molecule has 1 N–H and O–H groups in total. The molecule has 20 heavy (non-hydrogen) atoms. The van der Waals surface area contributed by atoms with Crippen molar-refractivity contribution in [1.82, 2.24) is 0 Å². The fourth-order valence-corrected chi connectivity index (χ4v) is 2.29. The van der Waals surface area contributed by atoms with Crippen LogP contribution in [-0.4, -0.2) is 19.6 Å². The highest BCUT2D eigenvalue weighted by molar-refractivity contribution is 5.58. The lowest BCUT2D eigenvalue weighted by Crippen LogP contribution is -2.25. The molecule has 0 aliphatic heterocycles. The van der Waals surface area contributed by atoms with Gasteiger partial charge in [-0.3, -0.25) is 0 Å². The highest BCUT2D eigenvalue weighted by atomic mass is 15.1. The summed E-state index contributed by atoms with van der Waals surface area (Å²) in [7, 11) is 0. The second-order valence-corrected chi connectivity index (χ2v) is 5.52. The number of hydrogen-bond donors (Lipinski definition) is 1. The van der Waals surface area contributed by atoms with Crippen LogP contribution in [0.4, 0.5) is 11.4 Å². The van der Waals surface area contributed by atoms with Gasteiger partial charge in [0.25, 0.3) is 0 Å². The van der Waals surface area contributed by atoms with E-state index in [2.05, 4.69) is 55.3 Å². The third-order valence-corrected chi connectivity index (χ3v) is 3.63. The van der Waals surface area contributed by atoms with Crippen molar-refractivity contribution in [2.45, 2.75) is 59.3 Å². The molecule has 0 heterocycles. The molecular formula is C18H32N2. The van der Waals surface area contributed by atoms with Gasteiger partial charge < -0.3 is 10.2 Å². The average molecular weight is 276 g/mol. The molecular weight excluding hydrogens is 244 g/mol. The van der Waals surface area contributed by atoms with Crippen LogP contribution in [0.25, 0.3) is 0 Å². The Morgan fingerprint density at radius 2 is 1.55 bits per heavy atom. The minimum atomic E-state index is 1.07. The van der Waals surface area contributed by atoms with Gasteiger partial charge in [0.15, 0.2) is 0 Å². The Bertz CT molecular complexity index is 341. The molecule has 1 aromatic carbocycles. The first-order valence-electron chi connectivity index (χ1n) is 8.40. The maximum atomic E-state index is 3.53. The summed E-state index contributed by atoms with van der Waals surface area (Å²) in [6, 6.07) is 8.91. The summed E-state index contributed by atoms with van der Waals surface area (Å²) in [6.45, 7) is 10.2. The van der Waals surface area contributed by atoms with E-state index >= 15 is 0 Å². The molecule has 0 aromatic heterocycles. The minimum absolute atomic E-state index is 1.07. The SMILES string of the molecule is CCCCNc1cccc(N(CCCC)CCCC)c1. The zero-order chi connectivity index (χ0) is 14.6. The molecule has 0 radical (unpaired) electrons. The topological polar surface area (TPSA) is 15.3 Å². The summed E-state index contributed by atoms with van der Waals surface area (Å²) in [4.78, 5) is 2.54. The number of hydrogen-bond acceptors (Lipinski definition) is 2. The van der Waals surface area contributed by atoms with Gasteiger partial charge in [-0.2, -0.15) is 0 Å². The maximum Gasteiger partial charge on any atom is 0.0386 e.